The predicted molar refractivity (Wildman–Crippen MR) is 256 cm³/mol. The molecule has 11 aromatic rings. The summed E-state index contributed by atoms with van der Waals surface area (Å²) in [7, 11) is 0. The van der Waals surface area contributed by atoms with Gasteiger partial charge in [0.25, 0.3) is 0 Å². The zero-order valence-electron chi connectivity index (χ0n) is 34.0. The fourth-order valence-electron chi connectivity index (χ4n) is 9.10. The summed E-state index contributed by atoms with van der Waals surface area (Å²) in [6.45, 7) is 6.78. The fraction of sp³-hybridized carbons (Fsp3) is 0.0690. The maximum Gasteiger partial charge on any atom is 0.160 e. The summed E-state index contributed by atoms with van der Waals surface area (Å²) in [5.74, 6) is 0. The van der Waals surface area contributed by atoms with Crippen molar-refractivity contribution in [1.29, 1.82) is 0 Å². The van der Waals surface area contributed by atoms with Crippen LogP contribution in [0.1, 0.15) is 26.3 Å². The van der Waals surface area contributed by atoms with Crippen LogP contribution in [-0.4, -0.2) is 0 Å². The van der Waals surface area contributed by atoms with E-state index < -0.39 is 0 Å². The molecule has 0 aliphatic heterocycles. The lowest BCUT2D eigenvalue weighted by molar-refractivity contribution is 0.573. The molecule has 286 valence electrons. The molecule has 0 bridgehead atoms. The Balaban J connectivity index is 1.06. The summed E-state index contributed by atoms with van der Waals surface area (Å²) in [4.78, 5) is 2.40. The average Bonchev–Trinajstić information content (AvgIpc) is 3.69. The highest BCUT2D eigenvalue weighted by Crippen LogP contribution is 2.49. The van der Waals surface area contributed by atoms with Gasteiger partial charge >= 0.3 is 0 Å². The van der Waals surface area contributed by atoms with E-state index in [1.807, 2.05) is 0 Å². The van der Waals surface area contributed by atoms with Crippen LogP contribution in [-0.2, 0) is 5.41 Å². The summed E-state index contributed by atoms with van der Waals surface area (Å²) in [5.41, 5.74) is 13.2. The molecule has 1 aromatic heterocycles. The lowest BCUT2D eigenvalue weighted by atomic mass is 9.86. The van der Waals surface area contributed by atoms with Crippen LogP contribution in [0, 0.1) is 0 Å². The van der Waals surface area contributed by atoms with Gasteiger partial charge in [-0.05, 0) is 108 Å². The molecule has 0 aliphatic rings. The molecule has 0 aliphatic carbocycles. The highest BCUT2D eigenvalue weighted by molar-refractivity contribution is 6.23. The van der Waals surface area contributed by atoms with E-state index in [1.165, 1.54) is 54.6 Å². The van der Waals surface area contributed by atoms with E-state index in [1.54, 1.807) is 0 Å². The summed E-state index contributed by atoms with van der Waals surface area (Å²) < 4.78 is 7.17. The SMILES string of the molecule is CC(C)(C)c1cccc2c1oc1c(N(c3ccc(-c4ccc5cc(-c6ccc7ccccc7c6)ccc5c4)cc3)c3ccccc3-c3ccccc3)cc3ccccc3c12. The molecule has 11 rings (SSSR count). The maximum atomic E-state index is 7.17. The van der Waals surface area contributed by atoms with E-state index >= 15 is 0 Å². The van der Waals surface area contributed by atoms with E-state index in [2.05, 4.69) is 232 Å². The Morgan fingerprint density at radius 3 is 1.63 bits per heavy atom. The number of fused-ring (bicyclic) bond motifs is 7. The van der Waals surface area contributed by atoms with E-state index in [0.717, 1.165) is 55.7 Å². The Hall–Kier alpha value is -7.42. The van der Waals surface area contributed by atoms with Crippen molar-refractivity contribution in [2.45, 2.75) is 26.2 Å². The molecule has 2 nitrogen and oxygen atoms in total. The molecule has 2 heteroatoms. The number of nitrogens with zero attached hydrogens (tertiary/aromatic N) is 1. The monoisotopic (exact) mass is 769 g/mol. The second-order valence-corrected chi connectivity index (χ2v) is 17.0. The van der Waals surface area contributed by atoms with Gasteiger partial charge in [-0.15, -0.1) is 0 Å². The molecular formula is C58H43NO. The van der Waals surface area contributed by atoms with E-state index in [0.29, 0.717) is 0 Å². The van der Waals surface area contributed by atoms with Crippen molar-refractivity contribution < 1.29 is 4.42 Å². The van der Waals surface area contributed by atoms with Gasteiger partial charge in [0.15, 0.2) is 5.58 Å². The Morgan fingerprint density at radius 1 is 0.367 bits per heavy atom. The van der Waals surface area contributed by atoms with Crippen molar-refractivity contribution in [1.82, 2.24) is 0 Å². The van der Waals surface area contributed by atoms with Gasteiger partial charge in [-0.1, -0.05) is 185 Å². The Kier molecular flexibility index (Phi) is 8.42. The van der Waals surface area contributed by atoms with Crippen LogP contribution < -0.4 is 4.90 Å². The first kappa shape index (κ1) is 35.7. The quantitative estimate of drug-likeness (QED) is 0.167. The molecule has 0 N–H and O–H groups in total. The summed E-state index contributed by atoms with van der Waals surface area (Å²) in [5, 5.41) is 9.61. The smallest absolute Gasteiger partial charge is 0.160 e. The highest BCUT2D eigenvalue weighted by Gasteiger charge is 2.26. The third kappa shape index (κ3) is 6.12. The van der Waals surface area contributed by atoms with Gasteiger partial charge < -0.3 is 9.32 Å². The van der Waals surface area contributed by atoms with Crippen LogP contribution >= 0.6 is 0 Å². The number of benzene rings is 10. The van der Waals surface area contributed by atoms with Gasteiger partial charge in [-0.3, -0.25) is 0 Å². The topological polar surface area (TPSA) is 16.4 Å². The molecule has 0 radical (unpaired) electrons. The molecule has 0 fully saturated rings. The van der Waals surface area contributed by atoms with Gasteiger partial charge in [0.1, 0.15) is 5.58 Å². The minimum Gasteiger partial charge on any atom is -0.454 e. The van der Waals surface area contributed by atoms with Crippen molar-refractivity contribution >= 4 is 71.3 Å². The summed E-state index contributed by atoms with van der Waals surface area (Å²) >= 11 is 0. The number of anilines is 3. The average molecular weight is 770 g/mol. The predicted octanol–water partition coefficient (Wildman–Crippen LogP) is 16.8. The minimum absolute atomic E-state index is 0.0962. The maximum absolute atomic E-state index is 7.17. The van der Waals surface area contributed by atoms with Gasteiger partial charge in [-0.2, -0.15) is 0 Å². The number of para-hydroxylation sites is 2. The molecule has 0 unspecified atom stereocenters. The van der Waals surface area contributed by atoms with E-state index in [4.69, 9.17) is 4.42 Å². The molecule has 0 amide bonds. The van der Waals surface area contributed by atoms with Crippen molar-refractivity contribution in [3.05, 3.63) is 212 Å². The van der Waals surface area contributed by atoms with Gasteiger partial charge in [0.2, 0.25) is 0 Å². The first-order valence-corrected chi connectivity index (χ1v) is 20.8. The number of hydrogen-bond acceptors (Lipinski definition) is 2. The fourth-order valence-corrected chi connectivity index (χ4v) is 9.10. The molecule has 60 heavy (non-hydrogen) atoms. The lowest BCUT2D eigenvalue weighted by Crippen LogP contribution is -2.11. The van der Waals surface area contributed by atoms with Crippen molar-refractivity contribution in [3.8, 4) is 33.4 Å². The van der Waals surface area contributed by atoms with E-state index in [9.17, 15) is 0 Å². The molecule has 0 saturated heterocycles. The third-order valence-electron chi connectivity index (χ3n) is 12.1. The van der Waals surface area contributed by atoms with Crippen LogP contribution in [0.2, 0.25) is 0 Å². The highest BCUT2D eigenvalue weighted by atomic mass is 16.3. The number of rotatable bonds is 6. The van der Waals surface area contributed by atoms with Gasteiger partial charge in [0.05, 0.1) is 11.4 Å². The van der Waals surface area contributed by atoms with Crippen molar-refractivity contribution in [2.75, 3.05) is 4.90 Å². The van der Waals surface area contributed by atoms with Crippen LogP contribution in [0.3, 0.4) is 0 Å². The second kappa shape index (κ2) is 14.1. The zero-order valence-corrected chi connectivity index (χ0v) is 34.0. The Morgan fingerprint density at radius 2 is 0.917 bits per heavy atom. The molecule has 0 saturated carbocycles. The summed E-state index contributed by atoms with van der Waals surface area (Å²) in [6, 6.07) is 75.0. The van der Waals surface area contributed by atoms with E-state index in [-0.39, 0.29) is 5.41 Å². The third-order valence-corrected chi connectivity index (χ3v) is 12.1. The molecule has 10 aromatic carbocycles. The normalized spacial score (nSPS) is 11.9. The second-order valence-electron chi connectivity index (χ2n) is 17.0. The largest absolute Gasteiger partial charge is 0.454 e. The van der Waals surface area contributed by atoms with Crippen LogP contribution in [0.25, 0.3) is 87.6 Å². The Bertz CT molecular complexity index is 3400. The first-order chi connectivity index (χ1) is 29.4. The summed E-state index contributed by atoms with van der Waals surface area (Å²) in [6.07, 6.45) is 0. The van der Waals surface area contributed by atoms with Gasteiger partial charge in [-0.25, -0.2) is 0 Å². The number of hydrogen-bond donors (Lipinski definition) is 0. The number of furan rings is 1. The zero-order chi connectivity index (χ0) is 40.4. The molecular weight excluding hydrogens is 727 g/mol. The van der Waals surface area contributed by atoms with Crippen LogP contribution in [0.4, 0.5) is 17.1 Å². The van der Waals surface area contributed by atoms with Crippen LogP contribution in [0.15, 0.2) is 211 Å². The molecule has 1 heterocycles. The van der Waals surface area contributed by atoms with Crippen LogP contribution in [0.5, 0.6) is 0 Å². The molecule has 0 atom stereocenters. The first-order valence-electron chi connectivity index (χ1n) is 20.8. The van der Waals surface area contributed by atoms with Crippen molar-refractivity contribution in [2.24, 2.45) is 0 Å². The minimum atomic E-state index is -0.0962. The standard InChI is InChI=1S/C58H43NO/c1-58(2,3)52-22-13-21-51-55-50-20-10-9-18-47(50)37-54(57(55)60-56(51)52)59(53-23-12-11-19-49(53)40-15-5-4-6-16-40)48-32-30-39(31-33-48)42-26-27-45-36-46(29-28-44(45)35-42)43-25-24-38-14-7-8-17-41(38)34-43/h4-37H,1-3H3. The lowest BCUT2D eigenvalue weighted by Gasteiger charge is -2.28. The molecule has 0 spiro atoms. The van der Waals surface area contributed by atoms with Crippen molar-refractivity contribution in [3.63, 3.8) is 0 Å². The Labute approximate surface area is 350 Å². The van der Waals surface area contributed by atoms with Gasteiger partial charge in [0, 0.05) is 27.6 Å².